The van der Waals surface area contributed by atoms with Gasteiger partial charge in [-0.2, -0.15) is 0 Å². The summed E-state index contributed by atoms with van der Waals surface area (Å²) >= 11 is 0. The molecule has 0 saturated carbocycles. The number of hydrogen-bond acceptors (Lipinski definition) is 10. The molecular formula is C36H34N2O8. The van der Waals surface area contributed by atoms with Crippen LogP contribution in [0.1, 0.15) is 47.9 Å². The van der Waals surface area contributed by atoms with E-state index in [0.717, 1.165) is 21.9 Å². The van der Waals surface area contributed by atoms with Gasteiger partial charge < -0.3 is 39.9 Å². The number of ether oxygens (including phenoxy) is 6. The van der Waals surface area contributed by atoms with Gasteiger partial charge in [0.25, 0.3) is 0 Å². The van der Waals surface area contributed by atoms with Gasteiger partial charge in [0.05, 0.1) is 39.3 Å². The van der Waals surface area contributed by atoms with Gasteiger partial charge in [-0.05, 0) is 60.0 Å². The first kappa shape index (κ1) is 30.4. The highest BCUT2D eigenvalue weighted by Crippen LogP contribution is 2.57. The molecule has 4 N–H and O–H groups in total. The molecule has 0 fully saturated rings. The second-order valence-electron chi connectivity index (χ2n) is 10.6. The largest absolute Gasteiger partial charge is 0.497 e. The summed E-state index contributed by atoms with van der Waals surface area (Å²) in [5.41, 5.74) is 16.2. The van der Waals surface area contributed by atoms with Crippen molar-refractivity contribution in [3.63, 3.8) is 0 Å². The molecule has 0 saturated heterocycles. The molecule has 2 atom stereocenters. The Hall–Kier alpha value is -5.64. The van der Waals surface area contributed by atoms with E-state index in [0.29, 0.717) is 22.6 Å². The minimum Gasteiger partial charge on any atom is -0.497 e. The molecule has 10 nitrogen and oxygen atoms in total. The van der Waals surface area contributed by atoms with E-state index in [2.05, 4.69) is 0 Å². The maximum atomic E-state index is 13.5. The van der Waals surface area contributed by atoms with Crippen LogP contribution in [-0.4, -0.2) is 39.4 Å². The number of methoxy groups -OCH3 is 2. The van der Waals surface area contributed by atoms with E-state index in [-0.39, 0.29) is 47.6 Å². The Kier molecular flexibility index (Phi) is 8.19. The average Bonchev–Trinajstić information content (AvgIpc) is 3.07. The van der Waals surface area contributed by atoms with E-state index in [1.54, 1.807) is 28.1 Å². The molecule has 2 aliphatic heterocycles. The van der Waals surface area contributed by atoms with Crippen molar-refractivity contribution in [3.8, 4) is 23.0 Å². The summed E-state index contributed by atoms with van der Waals surface area (Å²) in [5, 5.41) is 1.52. The number of hydrogen-bond donors (Lipinski definition) is 2. The molecule has 2 heterocycles. The fourth-order valence-corrected chi connectivity index (χ4v) is 6.23. The summed E-state index contributed by atoms with van der Waals surface area (Å²) in [6.07, 6.45) is 0. The molecular weight excluding hydrogens is 588 g/mol. The van der Waals surface area contributed by atoms with Crippen LogP contribution in [0.2, 0.25) is 0 Å². The van der Waals surface area contributed by atoms with E-state index in [4.69, 9.17) is 39.9 Å². The van der Waals surface area contributed by atoms with Crippen LogP contribution in [0.5, 0.6) is 23.0 Å². The minimum atomic E-state index is -0.705. The predicted molar refractivity (Wildman–Crippen MR) is 171 cm³/mol. The van der Waals surface area contributed by atoms with E-state index >= 15 is 0 Å². The molecule has 0 unspecified atom stereocenters. The van der Waals surface area contributed by atoms with Crippen molar-refractivity contribution in [1.82, 2.24) is 0 Å². The molecule has 4 aromatic rings. The lowest BCUT2D eigenvalue weighted by molar-refractivity contribution is -0.140. The molecule has 0 spiro atoms. The normalized spacial score (nSPS) is 17.0. The topological polar surface area (TPSA) is 142 Å². The smallest absolute Gasteiger partial charge is 0.340 e. The Morgan fingerprint density at radius 2 is 1.00 bits per heavy atom. The standard InChI is InChI=1S/C36H34N2O8/c1-5-43-35(39)29-25(19-11-15-21(41-3)16-12-19)27-23-9-7-8-10-24(23)28-26(20-13-17-22(42-4)18-14-20)30(36(40)44-6-2)34(38)46-32(28)31(27)45-33(29)37/h7-18,25-26H,5-6,37-38H2,1-4H3/t25-,26+. The fourth-order valence-electron chi connectivity index (χ4n) is 6.23. The Balaban J connectivity index is 1.69. The van der Waals surface area contributed by atoms with Crippen LogP contribution in [0.3, 0.4) is 0 Å². The second kappa shape index (κ2) is 12.4. The minimum absolute atomic E-state index is 0.132. The molecule has 4 aromatic carbocycles. The second-order valence-corrected chi connectivity index (χ2v) is 10.6. The van der Waals surface area contributed by atoms with Gasteiger partial charge in [0.15, 0.2) is 11.5 Å². The summed E-state index contributed by atoms with van der Waals surface area (Å²) in [6, 6.07) is 22.4. The first-order valence-corrected chi connectivity index (χ1v) is 14.9. The third-order valence-corrected chi connectivity index (χ3v) is 8.20. The van der Waals surface area contributed by atoms with Gasteiger partial charge in [-0.1, -0.05) is 48.5 Å². The first-order chi connectivity index (χ1) is 22.3. The summed E-state index contributed by atoms with van der Waals surface area (Å²) in [6.45, 7) is 3.74. The van der Waals surface area contributed by atoms with Crippen LogP contribution in [0.25, 0.3) is 10.8 Å². The SMILES string of the molecule is CCOC(=O)C1=C(N)Oc2c3c(c4ccccc4c2[C@H]1c1ccc(OC)cc1)[C@H](c1ccc(OC)cc1)C(C(=O)OCC)=C(N)O3. The Morgan fingerprint density at radius 3 is 1.33 bits per heavy atom. The third-order valence-electron chi connectivity index (χ3n) is 8.20. The summed E-state index contributed by atoms with van der Waals surface area (Å²) in [5.74, 6) is -1.02. The number of carbonyl (C=O) groups is 2. The summed E-state index contributed by atoms with van der Waals surface area (Å²) in [7, 11) is 3.17. The zero-order chi connectivity index (χ0) is 32.5. The van der Waals surface area contributed by atoms with Crippen molar-refractivity contribution in [2.45, 2.75) is 25.7 Å². The van der Waals surface area contributed by atoms with Crippen molar-refractivity contribution in [2.75, 3.05) is 27.4 Å². The van der Waals surface area contributed by atoms with E-state index in [1.165, 1.54) is 0 Å². The molecule has 0 aliphatic carbocycles. The maximum Gasteiger partial charge on any atom is 0.340 e. The lowest BCUT2D eigenvalue weighted by Crippen LogP contribution is -2.31. The van der Waals surface area contributed by atoms with E-state index in [1.807, 2.05) is 72.8 Å². The van der Waals surface area contributed by atoms with Crippen molar-refractivity contribution in [3.05, 3.63) is 118 Å². The van der Waals surface area contributed by atoms with Crippen LogP contribution in [0, 0.1) is 0 Å². The van der Waals surface area contributed by atoms with E-state index in [9.17, 15) is 9.59 Å². The van der Waals surface area contributed by atoms with Gasteiger partial charge in [0, 0.05) is 11.1 Å². The number of rotatable bonds is 8. The number of carbonyl (C=O) groups excluding carboxylic acids is 2. The maximum absolute atomic E-state index is 13.5. The number of nitrogens with two attached hydrogens (primary N) is 2. The van der Waals surface area contributed by atoms with Crippen LogP contribution < -0.4 is 30.4 Å². The number of esters is 2. The molecule has 0 aromatic heterocycles. The molecule has 236 valence electrons. The molecule has 0 amide bonds. The van der Waals surface area contributed by atoms with E-state index < -0.39 is 23.8 Å². The van der Waals surface area contributed by atoms with Crippen molar-refractivity contribution >= 4 is 22.7 Å². The van der Waals surface area contributed by atoms with Gasteiger partial charge >= 0.3 is 11.9 Å². The highest BCUT2D eigenvalue weighted by atomic mass is 16.6. The highest BCUT2D eigenvalue weighted by Gasteiger charge is 2.44. The summed E-state index contributed by atoms with van der Waals surface area (Å²) < 4.78 is 34.3. The van der Waals surface area contributed by atoms with Gasteiger partial charge in [-0.25, -0.2) is 9.59 Å². The van der Waals surface area contributed by atoms with Crippen molar-refractivity contribution < 1.29 is 38.0 Å². The van der Waals surface area contributed by atoms with Gasteiger partial charge in [0.1, 0.15) is 22.6 Å². The predicted octanol–water partition coefficient (Wildman–Crippen LogP) is 5.37. The van der Waals surface area contributed by atoms with Gasteiger partial charge in [-0.3, -0.25) is 0 Å². The summed E-state index contributed by atoms with van der Waals surface area (Å²) in [4.78, 5) is 27.0. The molecule has 6 rings (SSSR count). The molecule has 0 radical (unpaired) electrons. The highest BCUT2D eigenvalue weighted by molar-refractivity contribution is 6.02. The number of benzene rings is 4. The molecule has 46 heavy (non-hydrogen) atoms. The number of fused-ring (bicyclic) bond motifs is 6. The third kappa shape index (κ3) is 5.01. The van der Waals surface area contributed by atoms with Crippen LogP contribution in [0.4, 0.5) is 0 Å². The fraction of sp³-hybridized carbons (Fsp3) is 0.222. The quantitative estimate of drug-likeness (QED) is 0.246. The monoisotopic (exact) mass is 622 g/mol. The van der Waals surface area contributed by atoms with Crippen LogP contribution >= 0.6 is 0 Å². The first-order valence-electron chi connectivity index (χ1n) is 14.9. The zero-order valence-corrected chi connectivity index (χ0v) is 25.9. The van der Waals surface area contributed by atoms with Crippen LogP contribution in [0.15, 0.2) is 95.7 Å². The molecule has 10 heteroatoms. The zero-order valence-electron chi connectivity index (χ0n) is 25.9. The lowest BCUT2D eigenvalue weighted by atomic mass is 9.75. The van der Waals surface area contributed by atoms with Crippen molar-refractivity contribution in [2.24, 2.45) is 11.5 Å². The van der Waals surface area contributed by atoms with Crippen molar-refractivity contribution in [1.29, 1.82) is 0 Å². The van der Waals surface area contributed by atoms with Gasteiger partial charge in [0.2, 0.25) is 11.8 Å². The Labute approximate surface area is 266 Å². The van der Waals surface area contributed by atoms with Gasteiger partial charge in [-0.15, -0.1) is 0 Å². The Bertz CT molecular complexity index is 1760. The average molecular weight is 623 g/mol. The molecule has 0 bridgehead atoms. The van der Waals surface area contributed by atoms with Crippen LogP contribution in [-0.2, 0) is 19.1 Å². The lowest BCUT2D eigenvalue weighted by Gasteiger charge is -2.36. The molecule has 2 aliphatic rings. The Morgan fingerprint density at radius 1 is 0.630 bits per heavy atom.